The van der Waals surface area contributed by atoms with Crippen molar-refractivity contribution in [3.63, 3.8) is 0 Å². The summed E-state index contributed by atoms with van der Waals surface area (Å²) >= 11 is 0. The van der Waals surface area contributed by atoms with Gasteiger partial charge in [0.15, 0.2) is 0 Å². The summed E-state index contributed by atoms with van der Waals surface area (Å²) in [4.78, 5) is 0. The highest BCUT2D eigenvalue weighted by Crippen LogP contribution is 1.99. The maximum absolute atomic E-state index is 8.82. The molecule has 0 aliphatic carbocycles. The first-order valence-corrected chi connectivity index (χ1v) is 4.46. The molecule has 1 rings (SSSR count). The summed E-state index contributed by atoms with van der Waals surface area (Å²) in [6.07, 6.45) is 2.63. The maximum atomic E-state index is 8.82. The van der Waals surface area contributed by atoms with Crippen LogP contribution in [-0.4, -0.2) is 33.3 Å². The third-order valence-electron chi connectivity index (χ3n) is 1.80. The molecule has 13 heavy (non-hydrogen) atoms. The number of aromatic nitrogens is 3. The van der Waals surface area contributed by atoms with Gasteiger partial charge < -0.3 is 10.8 Å². The smallest absolute Gasteiger partial charge is 0.0839 e. The molecule has 1 atom stereocenters. The molecular formula is C8H16N4O. The van der Waals surface area contributed by atoms with Gasteiger partial charge in [0, 0.05) is 25.8 Å². The predicted molar refractivity (Wildman–Crippen MR) is 49.0 cm³/mol. The van der Waals surface area contributed by atoms with Gasteiger partial charge in [-0.05, 0) is 12.5 Å². The average Bonchev–Trinajstić information content (AvgIpc) is 2.53. The molecule has 0 aliphatic rings. The Kier molecular flexibility index (Phi) is 3.85. The minimum Gasteiger partial charge on any atom is -0.396 e. The molecule has 0 aliphatic heterocycles. The van der Waals surface area contributed by atoms with E-state index in [4.69, 9.17) is 10.8 Å². The Labute approximate surface area is 77.6 Å². The van der Waals surface area contributed by atoms with Gasteiger partial charge in [-0.15, -0.1) is 5.10 Å². The van der Waals surface area contributed by atoms with E-state index in [2.05, 4.69) is 10.3 Å². The molecule has 1 aromatic heterocycles. The zero-order valence-corrected chi connectivity index (χ0v) is 7.85. The van der Waals surface area contributed by atoms with Crippen molar-refractivity contribution in [2.45, 2.75) is 19.9 Å². The minimum absolute atomic E-state index is 0.173. The molecule has 0 fully saturated rings. The molecule has 0 aromatic carbocycles. The minimum atomic E-state index is 0.173. The lowest BCUT2D eigenvalue weighted by molar-refractivity contribution is 0.218. The number of nitrogens with zero attached hydrogens (tertiary/aromatic N) is 3. The second-order valence-corrected chi connectivity index (χ2v) is 3.26. The van der Waals surface area contributed by atoms with Gasteiger partial charge in [0.1, 0.15) is 0 Å². The first kappa shape index (κ1) is 10.1. The van der Waals surface area contributed by atoms with E-state index in [1.54, 1.807) is 4.68 Å². The Morgan fingerprint density at radius 3 is 3.08 bits per heavy atom. The lowest BCUT2D eigenvalue weighted by Crippen LogP contribution is -2.11. The SMILES string of the molecule is CC(CO)Cn1cc(CCN)nn1. The van der Waals surface area contributed by atoms with Crippen LogP contribution in [0, 0.1) is 5.92 Å². The van der Waals surface area contributed by atoms with Crippen molar-refractivity contribution in [1.82, 2.24) is 15.0 Å². The number of aliphatic hydroxyl groups is 1. The van der Waals surface area contributed by atoms with Crippen molar-refractivity contribution in [3.8, 4) is 0 Å². The zero-order chi connectivity index (χ0) is 9.68. The van der Waals surface area contributed by atoms with Crippen LogP contribution in [0.25, 0.3) is 0 Å². The van der Waals surface area contributed by atoms with Gasteiger partial charge in [0.25, 0.3) is 0 Å². The fourth-order valence-corrected chi connectivity index (χ4v) is 1.07. The third-order valence-corrected chi connectivity index (χ3v) is 1.80. The Bertz CT molecular complexity index is 248. The summed E-state index contributed by atoms with van der Waals surface area (Å²) in [6, 6.07) is 0. The van der Waals surface area contributed by atoms with Crippen molar-refractivity contribution in [2.24, 2.45) is 11.7 Å². The summed E-state index contributed by atoms with van der Waals surface area (Å²) in [6.45, 7) is 3.43. The van der Waals surface area contributed by atoms with Crippen LogP contribution in [0.4, 0.5) is 0 Å². The number of hydrogen-bond donors (Lipinski definition) is 2. The summed E-state index contributed by atoms with van der Waals surface area (Å²) in [7, 11) is 0. The fourth-order valence-electron chi connectivity index (χ4n) is 1.07. The van der Waals surface area contributed by atoms with Crippen LogP contribution in [0.15, 0.2) is 6.20 Å². The van der Waals surface area contributed by atoms with Crippen LogP contribution in [0.1, 0.15) is 12.6 Å². The van der Waals surface area contributed by atoms with Gasteiger partial charge >= 0.3 is 0 Å². The van der Waals surface area contributed by atoms with Crippen LogP contribution in [0.3, 0.4) is 0 Å². The topological polar surface area (TPSA) is 77.0 Å². The van der Waals surface area contributed by atoms with E-state index in [9.17, 15) is 0 Å². The molecule has 3 N–H and O–H groups in total. The highest BCUT2D eigenvalue weighted by atomic mass is 16.3. The Morgan fingerprint density at radius 1 is 1.69 bits per heavy atom. The molecule has 1 heterocycles. The molecule has 0 bridgehead atoms. The van der Waals surface area contributed by atoms with E-state index in [-0.39, 0.29) is 12.5 Å². The number of hydrogen-bond acceptors (Lipinski definition) is 4. The van der Waals surface area contributed by atoms with Gasteiger partial charge in [-0.2, -0.15) is 0 Å². The molecule has 0 spiro atoms. The largest absolute Gasteiger partial charge is 0.396 e. The van der Waals surface area contributed by atoms with E-state index >= 15 is 0 Å². The van der Waals surface area contributed by atoms with Gasteiger partial charge in [-0.25, -0.2) is 0 Å². The van der Waals surface area contributed by atoms with E-state index in [0.717, 1.165) is 12.1 Å². The number of nitrogens with two attached hydrogens (primary N) is 1. The second kappa shape index (κ2) is 4.94. The lowest BCUT2D eigenvalue weighted by Gasteiger charge is -2.05. The van der Waals surface area contributed by atoms with Crippen LogP contribution >= 0.6 is 0 Å². The highest BCUT2D eigenvalue weighted by Gasteiger charge is 2.03. The molecule has 0 radical (unpaired) electrons. The summed E-state index contributed by atoms with van der Waals surface area (Å²) < 4.78 is 1.74. The molecule has 0 saturated heterocycles. The molecule has 0 saturated carbocycles. The van der Waals surface area contributed by atoms with Crippen molar-refractivity contribution < 1.29 is 5.11 Å². The van der Waals surface area contributed by atoms with E-state index < -0.39 is 0 Å². The van der Waals surface area contributed by atoms with Crippen LogP contribution in [0.2, 0.25) is 0 Å². The number of aliphatic hydroxyl groups excluding tert-OH is 1. The molecule has 5 nitrogen and oxygen atoms in total. The summed E-state index contributed by atoms with van der Waals surface area (Å²) in [5, 5.41) is 16.7. The van der Waals surface area contributed by atoms with E-state index in [0.29, 0.717) is 13.1 Å². The highest BCUT2D eigenvalue weighted by molar-refractivity contribution is 4.92. The fraction of sp³-hybridized carbons (Fsp3) is 0.750. The normalized spacial score (nSPS) is 13.2. The van der Waals surface area contributed by atoms with Crippen LogP contribution in [0.5, 0.6) is 0 Å². The molecule has 74 valence electrons. The van der Waals surface area contributed by atoms with Gasteiger partial charge in [0.2, 0.25) is 0 Å². The summed E-state index contributed by atoms with van der Waals surface area (Å²) in [5.41, 5.74) is 6.29. The first-order chi connectivity index (χ1) is 6.26. The standard InChI is InChI=1S/C8H16N4O/c1-7(6-13)4-12-5-8(2-3-9)10-11-12/h5,7,13H,2-4,6,9H2,1H3. The number of rotatable bonds is 5. The summed E-state index contributed by atoms with van der Waals surface area (Å²) in [5.74, 6) is 0.215. The maximum Gasteiger partial charge on any atom is 0.0839 e. The van der Waals surface area contributed by atoms with Crippen molar-refractivity contribution in [3.05, 3.63) is 11.9 Å². The quantitative estimate of drug-likeness (QED) is 0.641. The third kappa shape index (κ3) is 3.12. The Morgan fingerprint density at radius 2 is 2.46 bits per heavy atom. The lowest BCUT2D eigenvalue weighted by atomic mass is 10.2. The molecule has 1 unspecified atom stereocenters. The Balaban J connectivity index is 2.48. The van der Waals surface area contributed by atoms with E-state index in [1.165, 1.54) is 0 Å². The molecule has 0 amide bonds. The average molecular weight is 184 g/mol. The predicted octanol–water partition coefficient (Wildman–Crippen LogP) is -0.592. The monoisotopic (exact) mass is 184 g/mol. The van der Waals surface area contributed by atoms with Crippen LogP contribution < -0.4 is 5.73 Å². The second-order valence-electron chi connectivity index (χ2n) is 3.26. The molecule has 5 heteroatoms. The van der Waals surface area contributed by atoms with Crippen molar-refractivity contribution in [1.29, 1.82) is 0 Å². The van der Waals surface area contributed by atoms with Gasteiger partial charge in [-0.1, -0.05) is 12.1 Å². The van der Waals surface area contributed by atoms with Gasteiger partial charge in [0.05, 0.1) is 5.69 Å². The van der Waals surface area contributed by atoms with Crippen molar-refractivity contribution in [2.75, 3.05) is 13.2 Å². The molecular weight excluding hydrogens is 168 g/mol. The van der Waals surface area contributed by atoms with E-state index in [1.807, 2.05) is 13.1 Å². The molecule has 1 aromatic rings. The Hall–Kier alpha value is -0.940. The van der Waals surface area contributed by atoms with Crippen LogP contribution in [-0.2, 0) is 13.0 Å². The zero-order valence-electron chi connectivity index (χ0n) is 7.85. The van der Waals surface area contributed by atoms with Crippen molar-refractivity contribution >= 4 is 0 Å². The van der Waals surface area contributed by atoms with Gasteiger partial charge in [-0.3, -0.25) is 4.68 Å². The first-order valence-electron chi connectivity index (χ1n) is 4.46.